The standard InChI is InChI=1S/C13H18INO2/c1-10(2)15(7-8-17-3)13(16)11-5-4-6-12(14)9-11/h4-6,9-10H,7-8H2,1-3H3. The van der Waals surface area contributed by atoms with Gasteiger partial charge in [0.1, 0.15) is 0 Å². The molecule has 94 valence electrons. The van der Waals surface area contributed by atoms with E-state index in [2.05, 4.69) is 22.6 Å². The minimum atomic E-state index is 0.0653. The van der Waals surface area contributed by atoms with Gasteiger partial charge in [0.05, 0.1) is 6.61 Å². The number of nitrogens with zero attached hydrogens (tertiary/aromatic N) is 1. The molecule has 0 saturated heterocycles. The van der Waals surface area contributed by atoms with Crippen LogP contribution in [0.2, 0.25) is 0 Å². The molecule has 0 radical (unpaired) electrons. The van der Waals surface area contributed by atoms with Gasteiger partial charge in [0.15, 0.2) is 0 Å². The van der Waals surface area contributed by atoms with Crippen LogP contribution < -0.4 is 0 Å². The molecule has 17 heavy (non-hydrogen) atoms. The second kappa shape index (κ2) is 6.96. The zero-order valence-electron chi connectivity index (χ0n) is 10.4. The average molecular weight is 347 g/mol. The molecule has 0 atom stereocenters. The molecule has 0 aromatic heterocycles. The van der Waals surface area contributed by atoms with E-state index in [1.54, 1.807) is 7.11 Å². The Hall–Kier alpha value is -0.620. The molecule has 1 rings (SSSR count). The summed E-state index contributed by atoms with van der Waals surface area (Å²) in [5.41, 5.74) is 0.738. The number of methoxy groups -OCH3 is 1. The topological polar surface area (TPSA) is 29.5 Å². The van der Waals surface area contributed by atoms with Crippen LogP contribution in [0, 0.1) is 3.57 Å². The molecule has 4 heteroatoms. The number of amides is 1. The maximum absolute atomic E-state index is 12.3. The van der Waals surface area contributed by atoms with Crippen molar-refractivity contribution in [1.29, 1.82) is 0 Å². The van der Waals surface area contributed by atoms with E-state index in [1.165, 1.54) is 0 Å². The van der Waals surface area contributed by atoms with Gasteiger partial charge in [-0.15, -0.1) is 0 Å². The lowest BCUT2D eigenvalue weighted by atomic mass is 10.2. The van der Waals surface area contributed by atoms with E-state index in [-0.39, 0.29) is 11.9 Å². The van der Waals surface area contributed by atoms with Crippen LogP contribution in [0.4, 0.5) is 0 Å². The van der Waals surface area contributed by atoms with E-state index in [0.717, 1.165) is 9.13 Å². The Bertz CT molecular complexity index is 379. The van der Waals surface area contributed by atoms with Crippen LogP contribution in [-0.2, 0) is 4.74 Å². The predicted octanol–water partition coefficient (Wildman–Crippen LogP) is 2.79. The number of benzene rings is 1. The van der Waals surface area contributed by atoms with Crippen molar-refractivity contribution in [3.63, 3.8) is 0 Å². The van der Waals surface area contributed by atoms with Gasteiger partial charge < -0.3 is 9.64 Å². The van der Waals surface area contributed by atoms with Crippen LogP contribution in [0.15, 0.2) is 24.3 Å². The Labute approximate surface area is 116 Å². The molecule has 0 N–H and O–H groups in total. The van der Waals surface area contributed by atoms with E-state index < -0.39 is 0 Å². The van der Waals surface area contributed by atoms with Gasteiger partial charge in [-0.3, -0.25) is 4.79 Å². The van der Waals surface area contributed by atoms with Crippen LogP contribution in [0.3, 0.4) is 0 Å². The molecule has 0 aliphatic carbocycles. The molecular formula is C13H18INO2. The first-order chi connectivity index (χ1) is 8.06. The predicted molar refractivity (Wildman–Crippen MR) is 77.2 cm³/mol. The van der Waals surface area contributed by atoms with Crippen LogP contribution in [0.5, 0.6) is 0 Å². The molecule has 1 amide bonds. The van der Waals surface area contributed by atoms with E-state index in [4.69, 9.17) is 4.74 Å². The second-order valence-electron chi connectivity index (χ2n) is 4.10. The fraction of sp³-hybridized carbons (Fsp3) is 0.462. The quantitative estimate of drug-likeness (QED) is 0.767. The minimum absolute atomic E-state index is 0.0653. The Kier molecular flexibility index (Phi) is 5.91. The SMILES string of the molecule is COCCN(C(=O)c1cccc(I)c1)C(C)C. The summed E-state index contributed by atoms with van der Waals surface area (Å²) in [6.07, 6.45) is 0. The summed E-state index contributed by atoms with van der Waals surface area (Å²) >= 11 is 2.21. The average Bonchev–Trinajstić information content (AvgIpc) is 2.29. The monoisotopic (exact) mass is 347 g/mol. The molecule has 1 aromatic carbocycles. The smallest absolute Gasteiger partial charge is 0.254 e. The van der Waals surface area contributed by atoms with Crippen molar-refractivity contribution in [2.24, 2.45) is 0 Å². The van der Waals surface area contributed by atoms with Crippen molar-refractivity contribution in [3.05, 3.63) is 33.4 Å². The van der Waals surface area contributed by atoms with Gasteiger partial charge in [0, 0.05) is 28.8 Å². The number of ether oxygens (including phenoxy) is 1. The van der Waals surface area contributed by atoms with Gasteiger partial charge in [0.2, 0.25) is 0 Å². The first-order valence-corrected chi connectivity index (χ1v) is 6.69. The molecule has 1 aromatic rings. The van der Waals surface area contributed by atoms with E-state index in [9.17, 15) is 4.79 Å². The lowest BCUT2D eigenvalue weighted by Crippen LogP contribution is -2.39. The normalized spacial score (nSPS) is 10.6. The van der Waals surface area contributed by atoms with E-state index >= 15 is 0 Å². The second-order valence-corrected chi connectivity index (χ2v) is 5.34. The highest BCUT2D eigenvalue weighted by Gasteiger charge is 2.18. The molecule has 0 saturated carbocycles. The van der Waals surface area contributed by atoms with Gasteiger partial charge in [-0.25, -0.2) is 0 Å². The van der Waals surface area contributed by atoms with Crippen molar-refractivity contribution in [2.45, 2.75) is 19.9 Å². The molecule has 3 nitrogen and oxygen atoms in total. The highest BCUT2D eigenvalue weighted by Crippen LogP contribution is 2.12. The lowest BCUT2D eigenvalue weighted by molar-refractivity contribution is 0.0635. The lowest BCUT2D eigenvalue weighted by Gasteiger charge is -2.26. The summed E-state index contributed by atoms with van der Waals surface area (Å²) in [6.45, 7) is 5.22. The molecule has 0 spiro atoms. The van der Waals surface area contributed by atoms with Crippen molar-refractivity contribution in [3.8, 4) is 0 Å². The summed E-state index contributed by atoms with van der Waals surface area (Å²) in [5.74, 6) is 0.0653. The third-order valence-corrected chi connectivity index (χ3v) is 3.16. The molecule has 0 unspecified atom stereocenters. The fourth-order valence-electron chi connectivity index (χ4n) is 1.57. The molecule has 0 heterocycles. The minimum Gasteiger partial charge on any atom is -0.383 e. The number of carbonyl (C=O) groups is 1. The van der Waals surface area contributed by atoms with Gasteiger partial charge in [-0.1, -0.05) is 6.07 Å². The Morgan fingerprint density at radius 2 is 2.18 bits per heavy atom. The van der Waals surface area contributed by atoms with Crippen LogP contribution in [0.1, 0.15) is 24.2 Å². The Morgan fingerprint density at radius 1 is 1.47 bits per heavy atom. The Morgan fingerprint density at radius 3 is 2.71 bits per heavy atom. The summed E-state index contributed by atoms with van der Waals surface area (Å²) in [4.78, 5) is 14.1. The third-order valence-electron chi connectivity index (χ3n) is 2.49. The van der Waals surface area contributed by atoms with Crippen molar-refractivity contribution >= 4 is 28.5 Å². The Balaban J connectivity index is 2.84. The molecule has 0 fully saturated rings. The summed E-state index contributed by atoms with van der Waals surface area (Å²) in [7, 11) is 1.65. The van der Waals surface area contributed by atoms with Crippen molar-refractivity contribution in [2.75, 3.05) is 20.3 Å². The summed E-state index contributed by atoms with van der Waals surface area (Å²) in [6, 6.07) is 7.82. The number of rotatable bonds is 5. The summed E-state index contributed by atoms with van der Waals surface area (Å²) in [5, 5.41) is 0. The van der Waals surface area contributed by atoms with Gasteiger partial charge >= 0.3 is 0 Å². The first-order valence-electron chi connectivity index (χ1n) is 5.61. The largest absolute Gasteiger partial charge is 0.383 e. The maximum Gasteiger partial charge on any atom is 0.254 e. The first kappa shape index (κ1) is 14.4. The van der Waals surface area contributed by atoms with Crippen LogP contribution in [-0.4, -0.2) is 37.1 Å². The van der Waals surface area contributed by atoms with Crippen LogP contribution in [0.25, 0.3) is 0 Å². The number of halogens is 1. The number of carbonyl (C=O) groups excluding carboxylic acids is 1. The molecule has 0 aliphatic rings. The van der Waals surface area contributed by atoms with Crippen LogP contribution >= 0.6 is 22.6 Å². The van der Waals surface area contributed by atoms with Gasteiger partial charge in [0.25, 0.3) is 5.91 Å². The van der Waals surface area contributed by atoms with Crippen molar-refractivity contribution in [1.82, 2.24) is 4.90 Å². The van der Waals surface area contributed by atoms with Gasteiger partial charge in [-0.2, -0.15) is 0 Å². The molecule has 0 bridgehead atoms. The highest BCUT2D eigenvalue weighted by atomic mass is 127. The highest BCUT2D eigenvalue weighted by molar-refractivity contribution is 14.1. The molecular weight excluding hydrogens is 329 g/mol. The van der Waals surface area contributed by atoms with E-state index in [0.29, 0.717) is 13.2 Å². The number of hydrogen-bond acceptors (Lipinski definition) is 2. The maximum atomic E-state index is 12.3. The van der Waals surface area contributed by atoms with E-state index in [1.807, 2.05) is 43.0 Å². The summed E-state index contributed by atoms with van der Waals surface area (Å²) < 4.78 is 6.11. The van der Waals surface area contributed by atoms with Crippen molar-refractivity contribution < 1.29 is 9.53 Å². The fourth-order valence-corrected chi connectivity index (χ4v) is 2.11. The molecule has 0 aliphatic heterocycles. The zero-order chi connectivity index (χ0) is 12.8. The third kappa shape index (κ3) is 4.27. The zero-order valence-corrected chi connectivity index (χ0v) is 12.6. The number of hydrogen-bond donors (Lipinski definition) is 0. The van der Waals surface area contributed by atoms with Gasteiger partial charge in [-0.05, 0) is 54.6 Å².